The molecule has 0 radical (unpaired) electrons. The van der Waals surface area contributed by atoms with Crippen molar-refractivity contribution in [3.8, 4) is 0 Å². The molecule has 9 atom stereocenters. The topological polar surface area (TPSA) is 259 Å². The fourth-order valence-corrected chi connectivity index (χ4v) is 5.41. The second-order valence-corrected chi connectivity index (χ2v) is 9.23. The van der Waals surface area contributed by atoms with E-state index in [2.05, 4.69) is 0 Å². The number of amides is 1. The highest BCUT2D eigenvalue weighted by atomic mass is 31.2. The van der Waals surface area contributed by atoms with E-state index in [4.69, 9.17) is 25.5 Å². The molecule has 3 rings (SSSR count). The predicted molar refractivity (Wildman–Crippen MR) is 100 cm³/mol. The highest BCUT2D eigenvalue weighted by Gasteiger charge is 2.71. The Hall–Kier alpha value is -1.75. The number of aromatic nitrogens is 1. The Balaban J connectivity index is 2.13. The van der Waals surface area contributed by atoms with Crippen molar-refractivity contribution in [2.45, 2.75) is 48.4 Å². The van der Waals surface area contributed by atoms with Gasteiger partial charge in [-0.3, -0.25) is 19.6 Å². The maximum absolute atomic E-state index is 13.5. The molecular formula is C16H25N3O12P+. The number of nitrogens with two attached hydrogens (primary N) is 2. The smallest absolute Gasteiger partial charge is 0.394 e. The molecule has 16 heteroatoms. The number of aliphatic hydroxyl groups is 6. The van der Waals surface area contributed by atoms with Gasteiger partial charge in [0.2, 0.25) is 0 Å². The maximum Gasteiger partial charge on any atom is 0.409 e. The number of nitrogens with zero attached hydrogens (tertiary/aromatic N) is 1. The van der Waals surface area contributed by atoms with E-state index in [-0.39, 0.29) is 11.4 Å². The van der Waals surface area contributed by atoms with Gasteiger partial charge in [0.25, 0.3) is 11.7 Å². The van der Waals surface area contributed by atoms with Crippen LogP contribution < -0.4 is 16.0 Å². The second kappa shape index (κ2) is 8.89. The summed E-state index contributed by atoms with van der Waals surface area (Å²) in [4.78, 5) is 22.6. The third kappa shape index (κ3) is 3.81. The van der Waals surface area contributed by atoms with E-state index in [1.165, 1.54) is 6.07 Å². The van der Waals surface area contributed by atoms with Crippen LogP contribution in [0, 0.1) is 0 Å². The summed E-state index contributed by atoms with van der Waals surface area (Å²) >= 11 is 0. The van der Waals surface area contributed by atoms with Crippen molar-refractivity contribution in [1.82, 2.24) is 0 Å². The van der Waals surface area contributed by atoms with Gasteiger partial charge in [-0.15, -0.1) is 0 Å². The van der Waals surface area contributed by atoms with Gasteiger partial charge in [-0.2, -0.15) is 4.57 Å². The van der Waals surface area contributed by atoms with Crippen LogP contribution in [-0.2, 0) is 24.0 Å². The number of nitrogen functional groups attached to an aromatic ring is 1. The van der Waals surface area contributed by atoms with Crippen molar-refractivity contribution >= 4 is 19.3 Å². The van der Waals surface area contributed by atoms with Crippen molar-refractivity contribution in [1.29, 1.82) is 0 Å². The molecule has 180 valence electrons. The summed E-state index contributed by atoms with van der Waals surface area (Å²) in [6.45, 7) is -1.66. The van der Waals surface area contributed by atoms with E-state index < -0.39 is 75.1 Å². The summed E-state index contributed by atoms with van der Waals surface area (Å²) in [6, 6.07) is 2.28. The molecule has 0 bridgehead atoms. The molecule has 0 saturated carbocycles. The summed E-state index contributed by atoms with van der Waals surface area (Å²) in [5, 5.41) is 59.7. The molecule has 1 aromatic rings. The van der Waals surface area contributed by atoms with Crippen molar-refractivity contribution in [3.63, 3.8) is 0 Å². The number of hydrogen-bond donors (Lipinski definition) is 9. The minimum atomic E-state index is -5.45. The highest BCUT2D eigenvalue weighted by Crippen LogP contribution is 2.63. The first kappa shape index (κ1) is 24.9. The molecule has 2 fully saturated rings. The molecule has 0 aromatic carbocycles. The molecule has 0 spiro atoms. The summed E-state index contributed by atoms with van der Waals surface area (Å²) in [7, 11) is -5.45. The average Bonchev–Trinajstić information content (AvgIpc) is 3.16. The van der Waals surface area contributed by atoms with E-state index in [1.54, 1.807) is 0 Å². The summed E-state index contributed by atoms with van der Waals surface area (Å²) < 4.78 is 29.6. The minimum Gasteiger partial charge on any atom is -0.394 e. The van der Waals surface area contributed by atoms with Crippen molar-refractivity contribution in [2.24, 2.45) is 5.73 Å². The lowest BCUT2D eigenvalue weighted by molar-refractivity contribution is -0.777. The number of hydrogen-bond acceptors (Lipinski definition) is 12. The molecule has 0 aliphatic carbocycles. The van der Waals surface area contributed by atoms with Crippen LogP contribution in [0.1, 0.15) is 10.4 Å². The van der Waals surface area contributed by atoms with E-state index in [1.807, 2.05) is 0 Å². The normalized spacial score (nSPS) is 39.2. The fourth-order valence-electron chi connectivity index (χ4n) is 3.61. The van der Waals surface area contributed by atoms with Gasteiger partial charge >= 0.3 is 13.1 Å². The lowest BCUT2D eigenvalue weighted by Crippen LogP contribution is -2.64. The zero-order valence-corrected chi connectivity index (χ0v) is 17.3. The van der Waals surface area contributed by atoms with Crippen LogP contribution in [0.2, 0.25) is 0 Å². The lowest BCUT2D eigenvalue weighted by Gasteiger charge is -2.34. The average molecular weight is 482 g/mol. The Morgan fingerprint density at radius 1 is 1.12 bits per heavy atom. The van der Waals surface area contributed by atoms with Crippen LogP contribution in [0.15, 0.2) is 18.3 Å². The first-order chi connectivity index (χ1) is 14.9. The molecule has 3 unspecified atom stereocenters. The van der Waals surface area contributed by atoms with E-state index >= 15 is 0 Å². The number of carbonyl (C=O) groups excluding carboxylic acids is 1. The van der Waals surface area contributed by atoms with Crippen LogP contribution >= 0.6 is 7.60 Å². The number of aliphatic hydroxyl groups excluding tert-OH is 6. The molecule has 32 heavy (non-hydrogen) atoms. The molecule has 2 aliphatic rings. The Kier molecular flexibility index (Phi) is 6.91. The number of pyridine rings is 1. The van der Waals surface area contributed by atoms with Gasteiger partial charge in [-0.05, 0) is 6.07 Å². The zero-order valence-electron chi connectivity index (χ0n) is 16.4. The third-order valence-electron chi connectivity index (χ3n) is 5.35. The van der Waals surface area contributed by atoms with Crippen LogP contribution in [0.5, 0.6) is 0 Å². The van der Waals surface area contributed by atoms with Gasteiger partial charge in [-0.25, -0.2) is 0 Å². The lowest BCUT2D eigenvalue weighted by atomic mass is 10.1. The largest absolute Gasteiger partial charge is 0.409 e. The van der Waals surface area contributed by atoms with E-state index in [9.17, 15) is 44.9 Å². The minimum absolute atomic E-state index is 0.232. The number of carbonyl (C=O) groups is 1. The van der Waals surface area contributed by atoms with Crippen LogP contribution in [0.3, 0.4) is 0 Å². The summed E-state index contributed by atoms with van der Waals surface area (Å²) in [6.07, 6.45) is -11.8. The molecule has 11 N–H and O–H groups in total. The number of primary amides is 1. The number of rotatable bonds is 7. The Morgan fingerprint density at radius 3 is 2.25 bits per heavy atom. The van der Waals surface area contributed by atoms with E-state index in [0.29, 0.717) is 4.57 Å². The molecule has 3 heterocycles. The Morgan fingerprint density at radius 2 is 1.75 bits per heavy atom. The van der Waals surface area contributed by atoms with Gasteiger partial charge in [-0.1, -0.05) is 0 Å². The Labute approximate surface area is 180 Å². The SMILES string of the molecule is NC(=O)c1ccc(N)[n+](C2(P(=O)(O)OC3O[C@H](CO)[C@@H](O)[C@H]3O)O[C@H](CO)[C@@H](O)[C@H]2O)c1. The van der Waals surface area contributed by atoms with Crippen molar-refractivity contribution in [3.05, 3.63) is 23.9 Å². The standard InChI is InChI=1S/C16H24N3O12P/c17-9-2-1-6(14(18)26)3-19(9)16(13(25)11(23)8(5-21)30-16)32(27,28)31-15-12(24)10(22)7(4-20)29-15/h1-3,7-8,10-13,15,17,20-25H,4-5H2,(H3,18,26,27,28)/p+1/t7-,8-,10-,11-,12-,13-,15?,16?/m1/s1. The van der Waals surface area contributed by atoms with Gasteiger partial charge in [0.05, 0.1) is 18.8 Å². The Bertz CT molecular complexity index is 920. The maximum atomic E-state index is 13.5. The number of ether oxygens (including phenoxy) is 2. The monoisotopic (exact) mass is 482 g/mol. The molecular weight excluding hydrogens is 457 g/mol. The van der Waals surface area contributed by atoms with Crippen molar-refractivity contribution in [2.75, 3.05) is 18.9 Å². The predicted octanol–water partition coefficient (Wildman–Crippen LogP) is -4.98. The van der Waals surface area contributed by atoms with E-state index in [0.717, 1.165) is 12.3 Å². The molecule has 1 amide bonds. The van der Waals surface area contributed by atoms with Crippen LogP contribution in [-0.4, -0.2) is 97.6 Å². The first-order valence-corrected chi connectivity index (χ1v) is 10.9. The molecule has 15 nitrogen and oxygen atoms in total. The summed E-state index contributed by atoms with van der Waals surface area (Å²) in [5.41, 5.74) is 7.95. The molecule has 2 aliphatic heterocycles. The summed E-state index contributed by atoms with van der Waals surface area (Å²) in [5.74, 6) is -1.32. The van der Waals surface area contributed by atoms with Crippen LogP contribution in [0.4, 0.5) is 5.82 Å². The first-order valence-electron chi connectivity index (χ1n) is 9.31. The quantitative estimate of drug-likeness (QED) is 0.130. The van der Waals surface area contributed by atoms with Gasteiger partial charge in [0, 0.05) is 6.07 Å². The highest BCUT2D eigenvalue weighted by molar-refractivity contribution is 7.53. The van der Waals surface area contributed by atoms with Gasteiger partial charge in [0.15, 0.2) is 12.4 Å². The van der Waals surface area contributed by atoms with Crippen molar-refractivity contribution < 1.29 is 63.5 Å². The third-order valence-corrected chi connectivity index (χ3v) is 7.24. The fraction of sp³-hybridized carbons (Fsp3) is 0.625. The molecule has 1 aromatic heterocycles. The second-order valence-electron chi connectivity index (χ2n) is 7.34. The zero-order chi connectivity index (χ0) is 24.0. The number of anilines is 1. The van der Waals surface area contributed by atoms with Crippen LogP contribution in [0.25, 0.3) is 0 Å². The molecule has 2 saturated heterocycles. The van der Waals surface area contributed by atoms with Gasteiger partial charge < -0.3 is 50.7 Å². The van der Waals surface area contributed by atoms with Gasteiger partial charge in [0.1, 0.15) is 36.7 Å².